The molecule has 0 aliphatic heterocycles. The zero-order chi connectivity index (χ0) is 15.2. The molecule has 0 fully saturated rings. The highest BCUT2D eigenvalue weighted by atomic mass is 16.2. The van der Waals surface area contributed by atoms with E-state index in [0.29, 0.717) is 13.1 Å². The lowest BCUT2D eigenvalue weighted by molar-refractivity contribution is -0.128. The van der Waals surface area contributed by atoms with Gasteiger partial charge in [-0.25, -0.2) is 0 Å². The summed E-state index contributed by atoms with van der Waals surface area (Å²) < 4.78 is 0. The molecular weight excluding hydrogens is 260 g/mol. The van der Waals surface area contributed by atoms with Crippen LogP contribution in [0.4, 0.5) is 5.69 Å². The Kier molecular flexibility index (Phi) is 4.99. The van der Waals surface area contributed by atoms with Crippen molar-refractivity contribution in [1.29, 1.82) is 0 Å². The van der Waals surface area contributed by atoms with Crippen LogP contribution in [-0.4, -0.2) is 24.4 Å². The van der Waals surface area contributed by atoms with E-state index in [1.807, 2.05) is 37.4 Å². The number of aryl methyl sites for hydroxylation is 2. The highest BCUT2D eigenvalue weighted by Gasteiger charge is 2.09. The molecule has 0 atom stereocenters. The lowest BCUT2D eigenvalue weighted by Crippen LogP contribution is -2.31. The van der Waals surface area contributed by atoms with Crippen molar-refractivity contribution in [2.75, 3.05) is 18.9 Å². The summed E-state index contributed by atoms with van der Waals surface area (Å²) in [5.74, 6) is 0.0815. The molecule has 3 nitrogen and oxygen atoms in total. The Morgan fingerprint density at radius 2 is 1.67 bits per heavy atom. The first-order chi connectivity index (χ1) is 10.0. The maximum atomic E-state index is 12.2. The predicted octanol–water partition coefficient (Wildman–Crippen LogP) is 3.37. The summed E-state index contributed by atoms with van der Waals surface area (Å²) in [5.41, 5.74) is 4.53. The summed E-state index contributed by atoms with van der Waals surface area (Å²) in [4.78, 5) is 13.9. The van der Waals surface area contributed by atoms with Crippen LogP contribution < -0.4 is 5.32 Å². The number of anilines is 1. The molecule has 0 bridgehead atoms. The summed E-state index contributed by atoms with van der Waals surface area (Å²) in [6, 6.07) is 16.2. The highest BCUT2D eigenvalue weighted by Crippen LogP contribution is 2.13. The van der Waals surface area contributed by atoms with Gasteiger partial charge in [0.25, 0.3) is 0 Å². The third-order valence-corrected chi connectivity index (χ3v) is 3.35. The first-order valence-electron chi connectivity index (χ1n) is 7.14. The molecular formula is C18H22N2O. The molecule has 2 aromatic rings. The second kappa shape index (κ2) is 6.93. The van der Waals surface area contributed by atoms with E-state index in [2.05, 4.69) is 37.4 Å². The Hall–Kier alpha value is -2.29. The topological polar surface area (TPSA) is 32.3 Å². The summed E-state index contributed by atoms with van der Waals surface area (Å²) >= 11 is 0. The normalized spacial score (nSPS) is 10.2. The van der Waals surface area contributed by atoms with E-state index < -0.39 is 0 Å². The third kappa shape index (κ3) is 4.63. The molecule has 0 unspecified atom stereocenters. The van der Waals surface area contributed by atoms with Crippen LogP contribution in [0.25, 0.3) is 0 Å². The van der Waals surface area contributed by atoms with E-state index in [1.54, 1.807) is 4.90 Å². The van der Waals surface area contributed by atoms with Gasteiger partial charge in [-0.1, -0.05) is 36.4 Å². The molecule has 0 radical (unpaired) electrons. The van der Waals surface area contributed by atoms with Gasteiger partial charge in [-0.05, 0) is 42.7 Å². The van der Waals surface area contributed by atoms with Crippen molar-refractivity contribution in [2.45, 2.75) is 20.4 Å². The molecule has 1 amide bonds. The van der Waals surface area contributed by atoms with Gasteiger partial charge in [-0.15, -0.1) is 0 Å². The molecule has 2 aromatic carbocycles. The molecule has 1 N–H and O–H groups in total. The predicted molar refractivity (Wildman–Crippen MR) is 87.3 cm³/mol. The van der Waals surface area contributed by atoms with Crippen LogP contribution in [0.5, 0.6) is 0 Å². The molecule has 2 rings (SSSR count). The number of nitrogens with one attached hydrogen (secondary N) is 1. The van der Waals surface area contributed by atoms with Crippen LogP contribution in [-0.2, 0) is 11.3 Å². The number of hydrogen-bond donors (Lipinski definition) is 1. The lowest BCUT2D eigenvalue weighted by atomic mass is 10.1. The van der Waals surface area contributed by atoms with Crippen LogP contribution >= 0.6 is 0 Å². The molecule has 0 heterocycles. The zero-order valence-corrected chi connectivity index (χ0v) is 12.9. The summed E-state index contributed by atoms with van der Waals surface area (Å²) in [5, 5.41) is 3.20. The fourth-order valence-electron chi connectivity index (χ4n) is 2.33. The third-order valence-electron chi connectivity index (χ3n) is 3.35. The van der Waals surface area contributed by atoms with Crippen LogP contribution in [0.1, 0.15) is 16.7 Å². The quantitative estimate of drug-likeness (QED) is 0.912. The van der Waals surface area contributed by atoms with Gasteiger partial charge >= 0.3 is 0 Å². The van der Waals surface area contributed by atoms with Crippen molar-refractivity contribution >= 4 is 11.6 Å². The Balaban J connectivity index is 1.89. The minimum atomic E-state index is 0.0815. The molecule has 21 heavy (non-hydrogen) atoms. The Labute approximate surface area is 126 Å². The molecule has 0 aliphatic rings. The maximum absolute atomic E-state index is 12.2. The second-order valence-corrected chi connectivity index (χ2v) is 5.47. The van der Waals surface area contributed by atoms with E-state index in [0.717, 1.165) is 11.3 Å². The van der Waals surface area contributed by atoms with Gasteiger partial charge in [0.15, 0.2) is 0 Å². The average Bonchev–Trinajstić information content (AvgIpc) is 2.44. The Morgan fingerprint density at radius 3 is 2.29 bits per heavy atom. The molecule has 110 valence electrons. The van der Waals surface area contributed by atoms with E-state index >= 15 is 0 Å². The van der Waals surface area contributed by atoms with Gasteiger partial charge in [0, 0.05) is 19.3 Å². The monoisotopic (exact) mass is 282 g/mol. The minimum Gasteiger partial charge on any atom is -0.376 e. The van der Waals surface area contributed by atoms with Crippen LogP contribution in [0.15, 0.2) is 48.5 Å². The van der Waals surface area contributed by atoms with Crippen molar-refractivity contribution in [2.24, 2.45) is 0 Å². The van der Waals surface area contributed by atoms with Crippen molar-refractivity contribution in [3.63, 3.8) is 0 Å². The number of hydrogen-bond acceptors (Lipinski definition) is 2. The zero-order valence-electron chi connectivity index (χ0n) is 12.9. The molecule has 3 heteroatoms. The van der Waals surface area contributed by atoms with Gasteiger partial charge in [0.2, 0.25) is 5.91 Å². The summed E-state index contributed by atoms with van der Waals surface area (Å²) in [6.45, 7) is 5.06. The number of benzene rings is 2. The maximum Gasteiger partial charge on any atom is 0.241 e. The SMILES string of the molecule is Cc1cc(C)cc(NCC(=O)N(C)Cc2ccccc2)c1. The van der Waals surface area contributed by atoms with E-state index in [1.165, 1.54) is 11.1 Å². The van der Waals surface area contributed by atoms with Crippen LogP contribution in [0.2, 0.25) is 0 Å². The van der Waals surface area contributed by atoms with Crippen molar-refractivity contribution < 1.29 is 4.79 Å². The second-order valence-electron chi connectivity index (χ2n) is 5.47. The van der Waals surface area contributed by atoms with E-state index in [4.69, 9.17) is 0 Å². The summed E-state index contributed by atoms with van der Waals surface area (Å²) in [6.07, 6.45) is 0. The van der Waals surface area contributed by atoms with Crippen molar-refractivity contribution in [3.8, 4) is 0 Å². The Morgan fingerprint density at radius 1 is 1.05 bits per heavy atom. The molecule has 0 saturated heterocycles. The number of carbonyl (C=O) groups excluding carboxylic acids is 1. The van der Waals surface area contributed by atoms with Crippen LogP contribution in [0.3, 0.4) is 0 Å². The van der Waals surface area contributed by atoms with Crippen molar-refractivity contribution in [1.82, 2.24) is 4.90 Å². The molecule has 0 aliphatic carbocycles. The van der Waals surface area contributed by atoms with Gasteiger partial charge in [0.1, 0.15) is 0 Å². The largest absolute Gasteiger partial charge is 0.376 e. The van der Waals surface area contributed by atoms with Gasteiger partial charge in [-0.3, -0.25) is 4.79 Å². The number of likely N-dealkylation sites (N-methyl/N-ethyl adjacent to an activating group) is 1. The van der Waals surface area contributed by atoms with E-state index in [9.17, 15) is 4.79 Å². The number of amides is 1. The first kappa shape index (κ1) is 15.1. The Bertz CT molecular complexity index is 588. The first-order valence-corrected chi connectivity index (χ1v) is 7.14. The molecule has 0 spiro atoms. The smallest absolute Gasteiger partial charge is 0.241 e. The lowest BCUT2D eigenvalue weighted by Gasteiger charge is -2.18. The number of carbonyl (C=O) groups is 1. The van der Waals surface area contributed by atoms with Gasteiger partial charge in [0.05, 0.1) is 6.54 Å². The fraction of sp³-hybridized carbons (Fsp3) is 0.278. The minimum absolute atomic E-state index is 0.0815. The fourth-order valence-corrected chi connectivity index (χ4v) is 2.33. The highest BCUT2D eigenvalue weighted by molar-refractivity contribution is 5.80. The number of rotatable bonds is 5. The summed E-state index contributed by atoms with van der Waals surface area (Å²) in [7, 11) is 1.83. The molecule has 0 saturated carbocycles. The van der Waals surface area contributed by atoms with Gasteiger partial charge in [-0.2, -0.15) is 0 Å². The standard InChI is InChI=1S/C18H22N2O/c1-14-9-15(2)11-17(10-14)19-12-18(21)20(3)13-16-7-5-4-6-8-16/h4-11,19H,12-13H2,1-3H3. The number of nitrogens with zero attached hydrogens (tertiary/aromatic N) is 1. The van der Waals surface area contributed by atoms with Gasteiger partial charge < -0.3 is 10.2 Å². The van der Waals surface area contributed by atoms with Crippen LogP contribution in [0, 0.1) is 13.8 Å². The van der Waals surface area contributed by atoms with Crippen molar-refractivity contribution in [3.05, 3.63) is 65.2 Å². The molecule has 0 aromatic heterocycles. The van der Waals surface area contributed by atoms with E-state index in [-0.39, 0.29) is 5.91 Å². The average molecular weight is 282 g/mol.